The first kappa shape index (κ1) is 12.9. The van der Waals surface area contributed by atoms with Crippen LogP contribution in [0.4, 0.5) is 0 Å². The van der Waals surface area contributed by atoms with Gasteiger partial charge in [-0.2, -0.15) is 0 Å². The molecule has 3 heteroatoms. The molecule has 0 N–H and O–H groups in total. The summed E-state index contributed by atoms with van der Waals surface area (Å²) in [6.07, 6.45) is 5.30. The average Bonchev–Trinajstić information content (AvgIpc) is 2.33. The van der Waals surface area contributed by atoms with Crippen LogP contribution in [0.25, 0.3) is 0 Å². The minimum atomic E-state index is -0.327. The normalized spacial score (nSPS) is 19.0. The molecule has 0 amide bonds. The topological polar surface area (TPSA) is 17.1 Å². The van der Waals surface area contributed by atoms with Gasteiger partial charge >= 0.3 is 0 Å². The molecule has 1 saturated carbocycles. The smallest absolute Gasteiger partial charge is 0.140 e. The van der Waals surface area contributed by atoms with Gasteiger partial charge in [0.15, 0.2) is 0 Å². The van der Waals surface area contributed by atoms with Crippen LogP contribution in [-0.4, -0.2) is 5.78 Å². The van der Waals surface area contributed by atoms with E-state index in [-0.39, 0.29) is 11.2 Å². The van der Waals surface area contributed by atoms with Crippen LogP contribution in [0.15, 0.2) is 18.2 Å². The predicted molar refractivity (Wildman–Crippen MR) is 71.9 cm³/mol. The Balaban J connectivity index is 2.45. The number of hydrogen-bond acceptors (Lipinski definition) is 1. The van der Waals surface area contributed by atoms with E-state index in [1.54, 1.807) is 13.0 Å². The Hall–Kier alpha value is -0.530. The number of carbonyl (C=O) groups excluding carboxylic acids is 1. The molecule has 0 saturated heterocycles. The SMILES string of the molecule is CC(=O)C1(c2ccc(Cl)c(Cl)c2)CCCCC1. The van der Waals surface area contributed by atoms with E-state index in [4.69, 9.17) is 23.2 Å². The molecule has 1 aliphatic rings. The summed E-state index contributed by atoms with van der Waals surface area (Å²) in [5.41, 5.74) is 0.700. The maximum Gasteiger partial charge on any atom is 0.140 e. The van der Waals surface area contributed by atoms with Gasteiger partial charge in [-0.3, -0.25) is 4.79 Å². The molecular weight excluding hydrogens is 255 g/mol. The lowest BCUT2D eigenvalue weighted by atomic mass is 9.67. The number of carbonyl (C=O) groups is 1. The van der Waals surface area contributed by atoms with Crippen LogP contribution >= 0.6 is 23.2 Å². The lowest BCUT2D eigenvalue weighted by molar-refractivity contribution is -0.123. The Morgan fingerprint density at radius 3 is 2.29 bits per heavy atom. The molecule has 1 aliphatic carbocycles. The summed E-state index contributed by atoms with van der Waals surface area (Å²) in [7, 11) is 0. The van der Waals surface area contributed by atoms with Gasteiger partial charge < -0.3 is 0 Å². The molecule has 92 valence electrons. The number of rotatable bonds is 2. The third-order valence-electron chi connectivity index (χ3n) is 3.85. The predicted octanol–water partition coefficient (Wildman–Crippen LogP) is 4.78. The fourth-order valence-corrected chi connectivity index (χ4v) is 3.09. The standard InChI is InChI=1S/C14H16Cl2O/c1-10(17)14(7-3-2-4-8-14)11-5-6-12(15)13(16)9-11/h5-6,9H,2-4,7-8H2,1H3. The van der Waals surface area contributed by atoms with Gasteiger partial charge in [-0.05, 0) is 37.5 Å². The lowest BCUT2D eigenvalue weighted by Crippen LogP contribution is -2.36. The van der Waals surface area contributed by atoms with E-state index in [0.717, 1.165) is 31.2 Å². The highest BCUT2D eigenvalue weighted by molar-refractivity contribution is 6.42. The van der Waals surface area contributed by atoms with Gasteiger partial charge in [0.25, 0.3) is 0 Å². The van der Waals surface area contributed by atoms with Gasteiger partial charge in [0.1, 0.15) is 5.78 Å². The number of ketones is 1. The largest absolute Gasteiger partial charge is 0.299 e. The Labute approximate surface area is 112 Å². The highest BCUT2D eigenvalue weighted by Crippen LogP contribution is 2.41. The monoisotopic (exact) mass is 270 g/mol. The van der Waals surface area contributed by atoms with Crippen LogP contribution in [0, 0.1) is 0 Å². The van der Waals surface area contributed by atoms with E-state index in [1.807, 2.05) is 12.1 Å². The molecule has 0 atom stereocenters. The van der Waals surface area contributed by atoms with Gasteiger partial charge in [-0.15, -0.1) is 0 Å². The number of Topliss-reactive ketones (excluding diaryl/α,β-unsaturated/α-hetero) is 1. The second kappa shape index (κ2) is 4.99. The first-order chi connectivity index (χ1) is 8.06. The van der Waals surface area contributed by atoms with Crippen LogP contribution in [0.3, 0.4) is 0 Å². The van der Waals surface area contributed by atoms with Gasteiger partial charge in [0, 0.05) is 0 Å². The molecule has 0 spiro atoms. The third kappa shape index (κ3) is 2.36. The van der Waals surface area contributed by atoms with Gasteiger partial charge in [-0.25, -0.2) is 0 Å². The van der Waals surface area contributed by atoms with Crippen LogP contribution in [-0.2, 0) is 10.2 Å². The third-order valence-corrected chi connectivity index (χ3v) is 4.59. The Bertz CT molecular complexity index is 434. The maximum atomic E-state index is 12.0. The van der Waals surface area contributed by atoms with Crippen LogP contribution < -0.4 is 0 Å². The molecule has 0 bridgehead atoms. The maximum absolute atomic E-state index is 12.0. The second-order valence-electron chi connectivity index (χ2n) is 4.83. The van der Waals surface area contributed by atoms with Crippen molar-refractivity contribution in [3.63, 3.8) is 0 Å². The zero-order chi connectivity index (χ0) is 12.5. The van der Waals surface area contributed by atoms with Crippen molar-refractivity contribution in [2.75, 3.05) is 0 Å². The van der Waals surface area contributed by atoms with E-state index in [0.29, 0.717) is 10.0 Å². The van der Waals surface area contributed by atoms with E-state index >= 15 is 0 Å². The fraction of sp³-hybridized carbons (Fsp3) is 0.500. The summed E-state index contributed by atoms with van der Waals surface area (Å²) in [6, 6.07) is 5.59. The molecule has 1 aromatic carbocycles. The molecular formula is C14H16Cl2O. The van der Waals surface area contributed by atoms with Crippen molar-refractivity contribution in [2.45, 2.75) is 44.4 Å². The molecule has 2 rings (SSSR count). The molecule has 0 radical (unpaired) electrons. The summed E-state index contributed by atoms with van der Waals surface area (Å²) in [5.74, 6) is 0.246. The van der Waals surface area contributed by atoms with Crippen LogP contribution in [0.1, 0.15) is 44.6 Å². The van der Waals surface area contributed by atoms with E-state index in [1.165, 1.54) is 6.42 Å². The van der Waals surface area contributed by atoms with Crippen LogP contribution in [0.5, 0.6) is 0 Å². The summed E-state index contributed by atoms with van der Waals surface area (Å²) in [6.45, 7) is 1.69. The van der Waals surface area contributed by atoms with Gasteiger partial charge in [0.2, 0.25) is 0 Å². The Kier molecular flexibility index (Phi) is 3.79. The number of hydrogen-bond donors (Lipinski definition) is 0. The fourth-order valence-electron chi connectivity index (χ4n) is 2.79. The number of halogens is 2. The molecule has 17 heavy (non-hydrogen) atoms. The molecule has 1 aromatic rings. The van der Waals surface area contributed by atoms with Crippen LogP contribution in [0.2, 0.25) is 10.0 Å². The molecule has 1 fully saturated rings. The minimum Gasteiger partial charge on any atom is -0.299 e. The summed E-state index contributed by atoms with van der Waals surface area (Å²) in [4.78, 5) is 12.0. The lowest BCUT2D eigenvalue weighted by Gasteiger charge is -2.35. The minimum absolute atomic E-state index is 0.246. The molecule has 0 heterocycles. The van der Waals surface area contributed by atoms with Crippen molar-refractivity contribution in [1.82, 2.24) is 0 Å². The highest BCUT2D eigenvalue weighted by atomic mass is 35.5. The summed E-state index contributed by atoms with van der Waals surface area (Å²) < 4.78 is 0. The van der Waals surface area contributed by atoms with Crippen molar-refractivity contribution < 1.29 is 4.79 Å². The Morgan fingerprint density at radius 2 is 1.76 bits per heavy atom. The van der Waals surface area contributed by atoms with Crippen molar-refractivity contribution in [3.05, 3.63) is 33.8 Å². The zero-order valence-electron chi connectivity index (χ0n) is 9.93. The van der Waals surface area contributed by atoms with Crippen molar-refractivity contribution in [2.24, 2.45) is 0 Å². The van der Waals surface area contributed by atoms with E-state index in [2.05, 4.69) is 0 Å². The van der Waals surface area contributed by atoms with Gasteiger partial charge in [-0.1, -0.05) is 48.5 Å². The molecule has 0 unspecified atom stereocenters. The van der Waals surface area contributed by atoms with E-state index < -0.39 is 0 Å². The number of benzene rings is 1. The molecule has 1 nitrogen and oxygen atoms in total. The Morgan fingerprint density at radius 1 is 1.12 bits per heavy atom. The first-order valence-electron chi connectivity index (χ1n) is 6.03. The highest BCUT2D eigenvalue weighted by Gasteiger charge is 2.38. The quantitative estimate of drug-likeness (QED) is 0.756. The average molecular weight is 271 g/mol. The molecule has 0 aromatic heterocycles. The molecule has 0 aliphatic heterocycles. The van der Waals surface area contributed by atoms with E-state index in [9.17, 15) is 4.79 Å². The summed E-state index contributed by atoms with van der Waals surface area (Å²) >= 11 is 12.0. The first-order valence-corrected chi connectivity index (χ1v) is 6.78. The van der Waals surface area contributed by atoms with Crippen molar-refractivity contribution in [3.8, 4) is 0 Å². The second-order valence-corrected chi connectivity index (χ2v) is 5.64. The zero-order valence-corrected chi connectivity index (χ0v) is 11.4. The summed E-state index contributed by atoms with van der Waals surface area (Å²) in [5, 5.41) is 1.08. The van der Waals surface area contributed by atoms with Crippen molar-refractivity contribution >= 4 is 29.0 Å². The van der Waals surface area contributed by atoms with Gasteiger partial charge in [0.05, 0.1) is 15.5 Å². The van der Waals surface area contributed by atoms with Crippen molar-refractivity contribution in [1.29, 1.82) is 0 Å².